The third-order valence-electron chi connectivity index (χ3n) is 4.42. The van der Waals surface area contributed by atoms with Crippen LogP contribution in [0.1, 0.15) is 31.7 Å². The number of aromatic nitrogens is 4. The number of fused-ring (bicyclic) bond motifs is 1. The van der Waals surface area contributed by atoms with Gasteiger partial charge in [-0.15, -0.1) is 10.2 Å². The first-order valence-electron chi connectivity index (χ1n) is 8.10. The van der Waals surface area contributed by atoms with Gasteiger partial charge in [-0.25, -0.2) is 4.98 Å². The van der Waals surface area contributed by atoms with Crippen molar-refractivity contribution in [3.63, 3.8) is 0 Å². The summed E-state index contributed by atoms with van der Waals surface area (Å²) in [6.07, 6.45) is 4.45. The average Bonchev–Trinajstić information content (AvgIpc) is 3.30. The zero-order valence-corrected chi connectivity index (χ0v) is 13.7. The summed E-state index contributed by atoms with van der Waals surface area (Å²) in [6, 6.07) is 14.3. The summed E-state index contributed by atoms with van der Waals surface area (Å²) in [5.74, 6) is 1.17. The molecule has 0 spiro atoms. The van der Waals surface area contributed by atoms with Gasteiger partial charge in [-0.05, 0) is 54.3 Å². The van der Waals surface area contributed by atoms with E-state index in [0.29, 0.717) is 11.8 Å². The number of oxazole rings is 1. The Morgan fingerprint density at radius 3 is 2.50 bits per heavy atom. The molecule has 4 aromatic rings. The highest BCUT2D eigenvalue weighted by atomic mass is 16.3. The normalized spacial score (nSPS) is 12.6. The molecule has 0 amide bonds. The first-order valence-corrected chi connectivity index (χ1v) is 8.10. The first-order chi connectivity index (χ1) is 11.7. The molecule has 0 unspecified atom stereocenters. The van der Waals surface area contributed by atoms with E-state index >= 15 is 0 Å². The molecular weight excluding hydrogens is 300 g/mol. The van der Waals surface area contributed by atoms with E-state index < -0.39 is 0 Å². The van der Waals surface area contributed by atoms with E-state index in [1.54, 1.807) is 12.7 Å². The van der Waals surface area contributed by atoms with E-state index in [9.17, 15) is 0 Å². The fraction of sp³-hybridized carbons (Fsp3) is 0.211. The Kier molecular flexibility index (Phi) is 3.61. The molecule has 0 saturated carbocycles. The average molecular weight is 318 g/mol. The number of benzene rings is 2. The van der Waals surface area contributed by atoms with Gasteiger partial charge in [0.1, 0.15) is 18.2 Å². The molecule has 0 aliphatic rings. The van der Waals surface area contributed by atoms with Gasteiger partial charge < -0.3 is 4.42 Å². The lowest BCUT2D eigenvalue weighted by Crippen LogP contribution is -1.90. The van der Waals surface area contributed by atoms with Crippen LogP contribution >= 0.6 is 0 Å². The summed E-state index contributed by atoms with van der Waals surface area (Å²) in [5, 5.41) is 7.64. The highest BCUT2D eigenvalue weighted by Crippen LogP contribution is 2.28. The Hall–Kier alpha value is -2.95. The molecular formula is C19H18N4O. The molecule has 4 rings (SSSR count). The third kappa shape index (κ3) is 2.58. The van der Waals surface area contributed by atoms with E-state index in [-0.39, 0.29) is 0 Å². The molecule has 0 saturated heterocycles. The molecule has 120 valence electrons. The minimum Gasteiger partial charge on any atom is -0.436 e. The van der Waals surface area contributed by atoms with Crippen molar-refractivity contribution in [3.05, 3.63) is 60.7 Å². The predicted molar refractivity (Wildman–Crippen MR) is 93.1 cm³/mol. The molecule has 24 heavy (non-hydrogen) atoms. The molecule has 5 nitrogen and oxygen atoms in total. The summed E-state index contributed by atoms with van der Waals surface area (Å²) >= 11 is 0. The van der Waals surface area contributed by atoms with Crippen LogP contribution in [-0.2, 0) is 0 Å². The molecule has 5 heteroatoms. The van der Waals surface area contributed by atoms with Crippen LogP contribution in [0, 0.1) is 0 Å². The minimum absolute atomic E-state index is 0.526. The van der Waals surface area contributed by atoms with Gasteiger partial charge in [-0.3, -0.25) is 4.57 Å². The first kappa shape index (κ1) is 14.6. The summed E-state index contributed by atoms with van der Waals surface area (Å²) < 4.78 is 7.77. The lowest BCUT2D eigenvalue weighted by atomic mass is 9.98. The smallest absolute Gasteiger partial charge is 0.227 e. The second-order valence-electron chi connectivity index (χ2n) is 5.97. The van der Waals surface area contributed by atoms with Gasteiger partial charge in [0.2, 0.25) is 5.89 Å². The van der Waals surface area contributed by atoms with Crippen molar-refractivity contribution in [1.29, 1.82) is 0 Å². The lowest BCUT2D eigenvalue weighted by molar-refractivity contribution is 0.619. The van der Waals surface area contributed by atoms with Crippen LogP contribution in [0.15, 0.2) is 59.5 Å². The van der Waals surface area contributed by atoms with E-state index in [1.165, 1.54) is 5.56 Å². The van der Waals surface area contributed by atoms with Crippen molar-refractivity contribution >= 4 is 11.1 Å². The molecule has 1 atom stereocenters. The summed E-state index contributed by atoms with van der Waals surface area (Å²) in [6.45, 7) is 4.42. The molecule has 0 radical (unpaired) electrons. The van der Waals surface area contributed by atoms with Crippen LogP contribution < -0.4 is 0 Å². The van der Waals surface area contributed by atoms with Crippen LogP contribution in [0.2, 0.25) is 0 Å². The van der Waals surface area contributed by atoms with Crippen molar-refractivity contribution in [2.24, 2.45) is 0 Å². The van der Waals surface area contributed by atoms with Gasteiger partial charge in [0.15, 0.2) is 5.58 Å². The van der Waals surface area contributed by atoms with E-state index in [1.807, 2.05) is 34.9 Å². The van der Waals surface area contributed by atoms with Crippen LogP contribution in [0.5, 0.6) is 0 Å². The molecule has 0 N–H and O–H groups in total. The van der Waals surface area contributed by atoms with Gasteiger partial charge >= 0.3 is 0 Å². The Morgan fingerprint density at radius 1 is 1.04 bits per heavy atom. The van der Waals surface area contributed by atoms with Crippen LogP contribution in [0.25, 0.3) is 28.2 Å². The molecule has 0 aliphatic heterocycles. The number of rotatable bonds is 4. The summed E-state index contributed by atoms with van der Waals surface area (Å²) in [7, 11) is 0. The Labute approximate surface area is 140 Å². The molecule has 0 aliphatic carbocycles. The highest BCUT2D eigenvalue weighted by molar-refractivity contribution is 5.77. The highest BCUT2D eigenvalue weighted by Gasteiger charge is 2.11. The standard InChI is InChI=1S/C19H18N4O/c1-3-13(2)15-6-9-18-17(10-15)22-19(24-18)14-4-7-16(8-5-14)23-11-20-21-12-23/h4-13H,3H2,1-2H3/t13-/m1/s1. The van der Waals surface area contributed by atoms with Gasteiger partial charge in [0.25, 0.3) is 0 Å². The second-order valence-corrected chi connectivity index (χ2v) is 5.97. The van der Waals surface area contributed by atoms with Gasteiger partial charge in [-0.1, -0.05) is 19.9 Å². The van der Waals surface area contributed by atoms with Crippen LogP contribution in [0.3, 0.4) is 0 Å². The molecule has 2 aromatic heterocycles. The summed E-state index contributed by atoms with van der Waals surface area (Å²) in [4.78, 5) is 4.65. The van der Waals surface area contributed by atoms with Crippen molar-refractivity contribution in [3.8, 4) is 17.1 Å². The second kappa shape index (κ2) is 5.92. The van der Waals surface area contributed by atoms with Crippen molar-refractivity contribution in [1.82, 2.24) is 19.7 Å². The van der Waals surface area contributed by atoms with Crippen LogP contribution in [0.4, 0.5) is 0 Å². The summed E-state index contributed by atoms with van der Waals surface area (Å²) in [5.41, 5.74) is 4.98. The number of hydrogen-bond donors (Lipinski definition) is 0. The molecule has 2 heterocycles. The molecule has 2 aromatic carbocycles. The predicted octanol–water partition coefficient (Wildman–Crippen LogP) is 4.59. The van der Waals surface area contributed by atoms with Crippen molar-refractivity contribution < 1.29 is 4.42 Å². The Balaban J connectivity index is 1.68. The zero-order valence-electron chi connectivity index (χ0n) is 13.7. The van der Waals surface area contributed by atoms with Crippen molar-refractivity contribution in [2.45, 2.75) is 26.2 Å². The van der Waals surface area contributed by atoms with E-state index in [0.717, 1.165) is 28.8 Å². The maximum atomic E-state index is 5.91. The van der Waals surface area contributed by atoms with Gasteiger partial charge in [-0.2, -0.15) is 0 Å². The maximum absolute atomic E-state index is 5.91. The Bertz CT molecular complexity index is 955. The maximum Gasteiger partial charge on any atom is 0.227 e. The number of nitrogens with zero attached hydrogens (tertiary/aromatic N) is 4. The van der Waals surface area contributed by atoms with Crippen LogP contribution in [-0.4, -0.2) is 19.7 Å². The largest absolute Gasteiger partial charge is 0.436 e. The SMILES string of the molecule is CC[C@@H](C)c1ccc2oc(-c3ccc(-n4cnnc4)cc3)nc2c1. The van der Waals surface area contributed by atoms with Gasteiger partial charge in [0.05, 0.1) is 0 Å². The monoisotopic (exact) mass is 318 g/mol. The van der Waals surface area contributed by atoms with E-state index in [4.69, 9.17) is 4.42 Å². The Morgan fingerprint density at radius 2 is 1.79 bits per heavy atom. The van der Waals surface area contributed by atoms with E-state index in [2.05, 4.69) is 41.2 Å². The molecule has 0 bridgehead atoms. The fourth-order valence-corrected chi connectivity index (χ4v) is 2.72. The third-order valence-corrected chi connectivity index (χ3v) is 4.42. The quantitative estimate of drug-likeness (QED) is 0.552. The van der Waals surface area contributed by atoms with Gasteiger partial charge in [0, 0.05) is 11.3 Å². The fourth-order valence-electron chi connectivity index (χ4n) is 2.72. The van der Waals surface area contributed by atoms with Crippen molar-refractivity contribution in [2.75, 3.05) is 0 Å². The lowest BCUT2D eigenvalue weighted by Gasteiger charge is -2.07. The molecule has 0 fully saturated rings. The minimum atomic E-state index is 0.526. The topological polar surface area (TPSA) is 56.7 Å². The zero-order chi connectivity index (χ0) is 16.5. The number of hydrogen-bond acceptors (Lipinski definition) is 4.